The van der Waals surface area contributed by atoms with Gasteiger partial charge in [0.15, 0.2) is 0 Å². The summed E-state index contributed by atoms with van der Waals surface area (Å²) in [7, 11) is 0. The summed E-state index contributed by atoms with van der Waals surface area (Å²) in [5, 5.41) is 6.60. The zero-order chi connectivity index (χ0) is 13.9. The molecule has 0 spiro atoms. The molecular weight excluding hydrogens is 309 g/mol. The predicted molar refractivity (Wildman–Crippen MR) is 86.5 cm³/mol. The van der Waals surface area contributed by atoms with Crippen molar-refractivity contribution in [2.45, 2.75) is 19.5 Å². The topological polar surface area (TPSA) is 28.2 Å². The molecule has 0 aliphatic carbocycles. The van der Waals surface area contributed by atoms with Gasteiger partial charge in [-0.15, -0.1) is 23.7 Å². The van der Waals surface area contributed by atoms with Gasteiger partial charge in [-0.05, 0) is 24.6 Å². The molecule has 1 aliphatic rings. The Hall–Kier alpha value is -1.01. The average Bonchev–Trinajstić information content (AvgIpc) is 2.85. The first kappa shape index (κ1) is 16.4. The SMILES string of the molecule is Cc1csc(CN2CCNCC2c2cccc(F)c2)n1.Cl. The quantitative estimate of drug-likeness (QED) is 0.938. The molecule has 2 aromatic rings. The van der Waals surface area contributed by atoms with Crippen molar-refractivity contribution in [2.24, 2.45) is 0 Å². The summed E-state index contributed by atoms with van der Waals surface area (Å²) in [6, 6.07) is 7.13. The van der Waals surface area contributed by atoms with Crippen molar-refractivity contribution in [1.29, 1.82) is 0 Å². The van der Waals surface area contributed by atoms with E-state index in [2.05, 4.69) is 20.6 Å². The molecule has 0 bridgehead atoms. The zero-order valence-corrected chi connectivity index (χ0v) is 13.5. The van der Waals surface area contributed by atoms with Gasteiger partial charge in [-0.1, -0.05) is 12.1 Å². The van der Waals surface area contributed by atoms with Crippen LogP contribution in [0.5, 0.6) is 0 Å². The van der Waals surface area contributed by atoms with Crippen molar-refractivity contribution in [1.82, 2.24) is 15.2 Å². The summed E-state index contributed by atoms with van der Waals surface area (Å²) in [5.41, 5.74) is 2.10. The van der Waals surface area contributed by atoms with Gasteiger partial charge in [-0.2, -0.15) is 0 Å². The van der Waals surface area contributed by atoms with Crippen LogP contribution in [0.2, 0.25) is 0 Å². The first-order valence-electron chi connectivity index (χ1n) is 6.83. The fraction of sp³-hybridized carbons (Fsp3) is 0.400. The van der Waals surface area contributed by atoms with Crippen LogP contribution in [0.1, 0.15) is 22.3 Å². The second-order valence-electron chi connectivity index (χ2n) is 5.13. The highest BCUT2D eigenvalue weighted by Gasteiger charge is 2.24. The van der Waals surface area contributed by atoms with Gasteiger partial charge < -0.3 is 5.32 Å². The molecule has 1 atom stereocenters. The Kier molecular flexibility index (Phi) is 5.70. The molecule has 0 saturated carbocycles. The lowest BCUT2D eigenvalue weighted by molar-refractivity contribution is 0.153. The number of benzene rings is 1. The summed E-state index contributed by atoms with van der Waals surface area (Å²) in [5.74, 6) is -0.168. The molecular formula is C15H19ClFN3S. The highest BCUT2D eigenvalue weighted by atomic mass is 35.5. The van der Waals surface area contributed by atoms with Crippen LogP contribution in [0, 0.1) is 12.7 Å². The van der Waals surface area contributed by atoms with E-state index in [1.165, 1.54) is 6.07 Å². The van der Waals surface area contributed by atoms with Crippen LogP contribution >= 0.6 is 23.7 Å². The summed E-state index contributed by atoms with van der Waals surface area (Å²) >= 11 is 1.70. The van der Waals surface area contributed by atoms with Crippen molar-refractivity contribution in [3.8, 4) is 0 Å². The molecule has 6 heteroatoms. The van der Waals surface area contributed by atoms with Gasteiger partial charge in [0.25, 0.3) is 0 Å². The second kappa shape index (κ2) is 7.31. The number of halogens is 2. The van der Waals surface area contributed by atoms with Crippen molar-refractivity contribution in [2.75, 3.05) is 19.6 Å². The monoisotopic (exact) mass is 327 g/mol. The lowest BCUT2D eigenvalue weighted by Gasteiger charge is -2.36. The van der Waals surface area contributed by atoms with Crippen LogP contribution in [0.4, 0.5) is 4.39 Å². The van der Waals surface area contributed by atoms with Crippen LogP contribution in [0.3, 0.4) is 0 Å². The van der Waals surface area contributed by atoms with E-state index in [0.29, 0.717) is 0 Å². The summed E-state index contributed by atoms with van der Waals surface area (Å²) in [6.07, 6.45) is 0. The van der Waals surface area contributed by atoms with Crippen molar-refractivity contribution < 1.29 is 4.39 Å². The minimum Gasteiger partial charge on any atom is -0.314 e. The van der Waals surface area contributed by atoms with E-state index in [-0.39, 0.29) is 24.3 Å². The molecule has 114 valence electrons. The number of aromatic nitrogens is 1. The molecule has 1 unspecified atom stereocenters. The maximum absolute atomic E-state index is 13.4. The van der Waals surface area contributed by atoms with Gasteiger partial charge in [-0.25, -0.2) is 9.37 Å². The number of hydrogen-bond acceptors (Lipinski definition) is 4. The van der Waals surface area contributed by atoms with E-state index in [0.717, 1.165) is 42.4 Å². The first-order chi connectivity index (χ1) is 9.72. The number of piperazine rings is 1. The highest BCUT2D eigenvalue weighted by Crippen LogP contribution is 2.25. The Balaban J connectivity index is 0.00000161. The molecule has 0 amide bonds. The standard InChI is InChI=1S/C15H18FN3S.ClH/c1-11-10-20-15(18-11)9-19-6-5-17-8-14(19)12-3-2-4-13(16)7-12;/h2-4,7,10,14,17H,5-6,8-9H2,1H3;1H. The molecule has 1 aromatic heterocycles. The number of nitrogens with zero attached hydrogens (tertiary/aromatic N) is 2. The summed E-state index contributed by atoms with van der Waals surface area (Å²) in [6.45, 7) is 5.63. The zero-order valence-electron chi connectivity index (χ0n) is 11.9. The molecule has 1 aromatic carbocycles. The molecule has 1 fully saturated rings. The molecule has 0 radical (unpaired) electrons. The molecule has 1 N–H and O–H groups in total. The van der Waals surface area contributed by atoms with Crippen LogP contribution in [0.15, 0.2) is 29.6 Å². The fourth-order valence-corrected chi connectivity index (χ4v) is 3.42. The third-order valence-corrected chi connectivity index (χ3v) is 4.54. The predicted octanol–water partition coefficient (Wildman–Crippen LogP) is 3.16. The Morgan fingerprint density at radius 2 is 2.33 bits per heavy atom. The minimum atomic E-state index is -0.168. The normalized spacial score (nSPS) is 19.2. The Morgan fingerprint density at radius 1 is 1.48 bits per heavy atom. The Bertz CT molecular complexity index is 590. The maximum atomic E-state index is 13.4. The third kappa shape index (κ3) is 4.01. The van der Waals surface area contributed by atoms with Gasteiger partial charge in [0.2, 0.25) is 0 Å². The smallest absolute Gasteiger partial charge is 0.123 e. The number of aryl methyl sites for hydroxylation is 1. The first-order valence-corrected chi connectivity index (χ1v) is 7.71. The molecule has 3 rings (SSSR count). The van der Waals surface area contributed by atoms with Crippen LogP contribution in [0.25, 0.3) is 0 Å². The fourth-order valence-electron chi connectivity index (χ4n) is 2.63. The maximum Gasteiger partial charge on any atom is 0.123 e. The summed E-state index contributed by atoms with van der Waals surface area (Å²) < 4.78 is 13.4. The van der Waals surface area contributed by atoms with E-state index in [4.69, 9.17) is 0 Å². The van der Waals surface area contributed by atoms with Gasteiger partial charge in [0.05, 0.1) is 6.54 Å². The minimum absolute atomic E-state index is 0. The number of thiazole rings is 1. The molecule has 3 nitrogen and oxygen atoms in total. The van der Waals surface area contributed by atoms with Crippen molar-refractivity contribution in [3.05, 3.63) is 51.7 Å². The largest absolute Gasteiger partial charge is 0.314 e. The van der Waals surface area contributed by atoms with Crippen LogP contribution < -0.4 is 5.32 Å². The van der Waals surface area contributed by atoms with Gasteiger partial charge in [0, 0.05) is 36.8 Å². The third-order valence-electron chi connectivity index (χ3n) is 3.59. The molecule has 21 heavy (non-hydrogen) atoms. The Morgan fingerprint density at radius 3 is 3.05 bits per heavy atom. The van der Waals surface area contributed by atoms with Crippen molar-refractivity contribution in [3.63, 3.8) is 0 Å². The number of nitrogens with one attached hydrogen (secondary N) is 1. The van der Waals surface area contributed by atoms with Crippen molar-refractivity contribution >= 4 is 23.7 Å². The van der Waals surface area contributed by atoms with Gasteiger partial charge >= 0.3 is 0 Å². The number of hydrogen-bond donors (Lipinski definition) is 1. The second-order valence-corrected chi connectivity index (χ2v) is 6.07. The van der Waals surface area contributed by atoms with Gasteiger partial charge in [0.1, 0.15) is 10.8 Å². The molecule has 2 heterocycles. The van der Waals surface area contributed by atoms with Gasteiger partial charge in [-0.3, -0.25) is 4.90 Å². The van der Waals surface area contributed by atoms with Crippen LogP contribution in [-0.2, 0) is 6.54 Å². The van der Waals surface area contributed by atoms with E-state index < -0.39 is 0 Å². The van der Waals surface area contributed by atoms with E-state index >= 15 is 0 Å². The highest BCUT2D eigenvalue weighted by molar-refractivity contribution is 7.09. The molecule has 1 aliphatic heterocycles. The van der Waals surface area contributed by atoms with E-state index in [1.807, 2.05) is 13.0 Å². The Labute approximate surface area is 134 Å². The molecule has 1 saturated heterocycles. The van der Waals surface area contributed by atoms with E-state index in [9.17, 15) is 4.39 Å². The van der Waals surface area contributed by atoms with E-state index in [1.54, 1.807) is 23.5 Å². The summed E-state index contributed by atoms with van der Waals surface area (Å²) in [4.78, 5) is 6.91. The lowest BCUT2D eigenvalue weighted by atomic mass is 10.0. The lowest BCUT2D eigenvalue weighted by Crippen LogP contribution is -2.45. The number of rotatable bonds is 3. The average molecular weight is 328 g/mol. The van der Waals surface area contributed by atoms with Crippen LogP contribution in [-0.4, -0.2) is 29.5 Å².